The Kier molecular flexibility index (Phi) is 8.05. The van der Waals surface area contributed by atoms with Crippen molar-refractivity contribution in [3.8, 4) is 0 Å². The highest BCUT2D eigenvalue weighted by Gasteiger charge is 2.33. The van der Waals surface area contributed by atoms with Crippen LogP contribution < -0.4 is 4.90 Å². The third kappa shape index (κ3) is 5.52. The SMILES string of the molecule is COC(=O)c1cnc(N2CCN(C(=O)CC3CCCCC3)CC2)c(S(=O)(=O)N2CCOCC2)c1. The molecule has 0 spiro atoms. The maximum atomic E-state index is 13.5. The lowest BCUT2D eigenvalue weighted by atomic mass is 9.86. The highest BCUT2D eigenvalue weighted by molar-refractivity contribution is 7.89. The first-order valence-electron chi connectivity index (χ1n) is 12.1. The Morgan fingerprint density at radius 3 is 2.38 bits per heavy atom. The number of carbonyl (C=O) groups excluding carboxylic acids is 2. The molecule has 3 aliphatic rings. The fourth-order valence-electron chi connectivity index (χ4n) is 4.96. The number of sulfonamides is 1. The van der Waals surface area contributed by atoms with E-state index in [0.717, 1.165) is 12.8 Å². The van der Waals surface area contributed by atoms with Crippen molar-refractivity contribution in [3.63, 3.8) is 0 Å². The fraction of sp³-hybridized carbons (Fsp3) is 0.696. The lowest BCUT2D eigenvalue weighted by molar-refractivity contribution is -0.132. The molecule has 4 rings (SSSR count). The van der Waals surface area contributed by atoms with Crippen LogP contribution >= 0.6 is 0 Å². The molecule has 188 valence electrons. The monoisotopic (exact) mass is 494 g/mol. The second kappa shape index (κ2) is 11.0. The number of methoxy groups -OCH3 is 1. The number of pyridine rings is 1. The van der Waals surface area contributed by atoms with Crippen LogP contribution in [0.2, 0.25) is 0 Å². The number of morpholine rings is 1. The van der Waals surface area contributed by atoms with Crippen LogP contribution in [-0.2, 0) is 24.3 Å². The molecule has 3 heterocycles. The first-order valence-corrected chi connectivity index (χ1v) is 13.5. The molecule has 0 bridgehead atoms. The van der Waals surface area contributed by atoms with Gasteiger partial charge in [-0.05, 0) is 24.8 Å². The fourth-order valence-corrected chi connectivity index (χ4v) is 6.55. The molecule has 1 amide bonds. The minimum atomic E-state index is -3.89. The number of rotatable bonds is 6. The normalized spacial score (nSPS) is 20.9. The van der Waals surface area contributed by atoms with Gasteiger partial charge in [0.05, 0.1) is 25.9 Å². The molecule has 0 atom stereocenters. The molecular formula is C23H34N4O6S. The molecule has 2 saturated heterocycles. The van der Waals surface area contributed by atoms with Crippen LogP contribution in [0.25, 0.3) is 0 Å². The van der Waals surface area contributed by atoms with E-state index in [2.05, 4.69) is 4.98 Å². The van der Waals surface area contributed by atoms with Crippen LogP contribution in [0.1, 0.15) is 48.9 Å². The summed E-state index contributed by atoms with van der Waals surface area (Å²) in [5, 5.41) is 0. The largest absolute Gasteiger partial charge is 0.465 e. The smallest absolute Gasteiger partial charge is 0.339 e. The summed E-state index contributed by atoms with van der Waals surface area (Å²) in [6.45, 7) is 3.12. The molecule has 1 aromatic rings. The summed E-state index contributed by atoms with van der Waals surface area (Å²) < 4.78 is 38.4. The third-order valence-corrected chi connectivity index (χ3v) is 8.86. The van der Waals surface area contributed by atoms with Gasteiger partial charge in [-0.3, -0.25) is 4.79 Å². The first kappa shape index (κ1) is 24.9. The quantitative estimate of drug-likeness (QED) is 0.548. The number of ether oxygens (including phenoxy) is 2. The Bertz CT molecular complexity index is 981. The van der Waals surface area contributed by atoms with Crippen molar-refractivity contribution in [1.29, 1.82) is 0 Å². The van der Waals surface area contributed by atoms with Gasteiger partial charge in [0.1, 0.15) is 10.7 Å². The lowest BCUT2D eigenvalue weighted by Gasteiger charge is -2.37. The number of anilines is 1. The molecule has 2 aliphatic heterocycles. The van der Waals surface area contributed by atoms with E-state index in [-0.39, 0.29) is 29.5 Å². The summed E-state index contributed by atoms with van der Waals surface area (Å²) >= 11 is 0. The molecule has 3 fully saturated rings. The predicted octanol–water partition coefficient (Wildman–Crippen LogP) is 1.51. The Labute approximate surface area is 201 Å². The summed E-state index contributed by atoms with van der Waals surface area (Å²) in [4.78, 5) is 33.0. The van der Waals surface area contributed by atoms with Crippen LogP contribution in [0.15, 0.2) is 17.2 Å². The Balaban J connectivity index is 1.51. The number of nitrogens with zero attached hydrogens (tertiary/aromatic N) is 4. The van der Waals surface area contributed by atoms with Crippen LogP contribution in [0, 0.1) is 5.92 Å². The highest BCUT2D eigenvalue weighted by atomic mass is 32.2. The zero-order valence-electron chi connectivity index (χ0n) is 19.8. The second-order valence-electron chi connectivity index (χ2n) is 9.13. The van der Waals surface area contributed by atoms with E-state index in [9.17, 15) is 18.0 Å². The summed E-state index contributed by atoms with van der Waals surface area (Å²) in [5.41, 5.74) is 0.0828. The van der Waals surface area contributed by atoms with Gasteiger partial charge in [0.15, 0.2) is 0 Å². The topological polar surface area (TPSA) is 109 Å². The lowest BCUT2D eigenvalue weighted by Crippen LogP contribution is -2.50. The number of hydrogen-bond acceptors (Lipinski definition) is 8. The zero-order valence-corrected chi connectivity index (χ0v) is 20.6. The van der Waals surface area contributed by atoms with E-state index in [1.165, 1.54) is 42.9 Å². The van der Waals surface area contributed by atoms with Crippen LogP contribution in [-0.4, -0.2) is 94.1 Å². The summed E-state index contributed by atoms with van der Waals surface area (Å²) in [7, 11) is -2.65. The summed E-state index contributed by atoms with van der Waals surface area (Å²) in [6, 6.07) is 1.35. The second-order valence-corrected chi connectivity index (χ2v) is 11.0. The molecule has 0 aromatic carbocycles. The third-order valence-electron chi connectivity index (χ3n) is 6.96. The van der Waals surface area contributed by atoms with Crippen molar-refractivity contribution in [2.45, 2.75) is 43.4 Å². The van der Waals surface area contributed by atoms with E-state index < -0.39 is 16.0 Å². The molecule has 1 aliphatic carbocycles. The predicted molar refractivity (Wildman–Crippen MR) is 125 cm³/mol. The van der Waals surface area contributed by atoms with Gasteiger partial charge in [0, 0.05) is 51.9 Å². The molecule has 1 aromatic heterocycles. The molecule has 0 radical (unpaired) electrons. The van der Waals surface area contributed by atoms with Crippen molar-refractivity contribution in [2.24, 2.45) is 5.92 Å². The van der Waals surface area contributed by atoms with Crippen molar-refractivity contribution in [1.82, 2.24) is 14.2 Å². The van der Waals surface area contributed by atoms with Crippen LogP contribution in [0.3, 0.4) is 0 Å². The van der Waals surface area contributed by atoms with Gasteiger partial charge in [0.25, 0.3) is 0 Å². The molecule has 1 saturated carbocycles. The van der Waals surface area contributed by atoms with Gasteiger partial charge < -0.3 is 19.3 Å². The molecule has 11 heteroatoms. The van der Waals surface area contributed by atoms with Crippen molar-refractivity contribution in [3.05, 3.63) is 17.8 Å². The van der Waals surface area contributed by atoms with Crippen LogP contribution in [0.4, 0.5) is 5.82 Å². The van der Waals surface area contributed by atoms with Gasteiger partial charge in [-0.2, -0.15) is 4.31 Å². The standard InChI is InChI=1S/C23H34N4O6S/c1-32-23(29)19-16-20(34(30,31)27-11-13-33-14-12-27)22(24-17-19)26-9-7-25(8-10-26)21(28)15-18-5-3-2-4-6-18/h16-18H,2-15H2,1H3. The Morgan fingerprint density at radius 2 is 1.74 bits per heavy atom. The maximum Gasteiger partial charge on any atom is 0.339 e. The van der Waals surface area contributed by atoms with E-state index in [0.29, 0.717) is 57.5 Å². The van der Waals surface area contributed by atoms with Gasteiger partial charge in [-0.1, -0.05) is 19.3 Å². The number of hydrogen-bond donors (Lipinski definition) is 0. The maximum absolute atomic E-state index is 13.5. The molecule has 10 nitrogen and oxygen atoms in total. The van der Waals surface area contributed by atoms with Gasteiger partial charge >= 0.3 is 5.97 Å². The minimum Gasteiger partial charge on any atom is -0.465 e. The van der Waals surface area contributed by atoms with E-state index in [1.807, 2.05) is 9.80 Å². The number of aromatic nitrogens is 1. The van der Waals surface area contributed by atoms with Crippen LogP contribution in [0.5, 0.6) is 0 Å². The zero-order chi connectivity index (χ0) is 24.1. The van der Waals surface area contributed by atoms with E-state index in [4.69, 9.17) is 9.47 Å². The van der Waals surface area contributed by atoms with E-state index >= 15 is 0 Å². The number of amides is 1. The van der Waals surface area contributed by atoms with Gasteiger partial charge in [-0.15, -0.1) is 0 Å². The average Bonchev–Trinajstić information content (AvgIpc) is 2.89. The minimum absolute atomic E-state index is 0.0146. The number of carbonyl (C=O) groups is 2. The first-order chi connectivity index (χ1) is 16.4. The number of esters is 1. The number of piperazine rings is 1. The molecular weight excluding hydrogens is 460 g/mol. The van der Waals surface area contributed by atoms with Gasteiger partial charge in [0.2, 0.25) is 15.9 Å². The van der Waals surface area contributed by atoms with Gasteiger partial charge in [-0.25, -0.2) is 18.2 Å². The Morgan fingerprint density at radius 1 is 1.06 bits per heavy atom. The van der Waals surface area contributed by atoms with Crippen molar-refractivity contribution >= 4 is 27.7 Å². The molecule has 34 heavy (non-hydrogen) atoms. The molecule has 0 N–H and O–H groups in total. The Hall–Kier alpha value is -2.24. The van der Waals surface area contributed by atoms with Crippen molar-refractivity contribution in [2.75, 3.05) is 64.5 Å². The molecule has 0 unspecified atom stereocenters. The van der Waals surface area contributed by atoms with Crippen molar-refractivity contribution < 1.29 is 27.5 Å². The summed E-state index contributed by atoms with van der Waals surface area (Å²) in [5.74, 6) is 0.327. The summed E-state index contributed by atoms with van der Waals surface area (Å²) in [6.07, 6.45) is 7.89. The average molecular weight is 495 g/mol. The van der Waals surface area contributed by atoms with E-state index in [1.54, 1.807) is 0 Å². The highest BCUT2D eigenvalue weighted by Crippen LogP contribution is 2.30.